The SMILES string of the molecule is C=C1CCC(n2c(=O)n(C)c3cc(CCOCCOCCOCCOCCOCCOCCNC(=O)c4ccc(Nc5cc(Nc6cncc(-c7ncc(F)cn7)c6OC)c(C(=O)NC)cn5)nc4)ccc32)C(=O)N1. The number of fused-ring (bicyclic) bond motifs is 1. The first-order valence-electron chi connectivity index (χ1n) is 24.2. The molecule has 6 heterocycles. The van der Waals surface area contributed by atoms with Gasteiger partial charge >= 0.3 is 5.69 Å². The number of methoxy groups -OCH3 is 1. The molecular formula is C51H61FN12O11. The number of hydrogen-bond donors (Lipinski definition) is 5. The van der Waals surface area contributed by atoms with Gasteiger partial charge in [-0.25, -0.2) is 29.1 Å². The number of rotatable bonds is 30. The minimum atomic E-state index is -0.592. The van der Waals surface area contributed by atoms with Crippen LogP contribution in [0.15, 0.2) is 90.6 Å². The molecule has 1 aromatic carbocycles. The van der Waals surface area contributed by atoms with Crippen LogP contribution >= 0.6 is 0 Å². The lowest BCUT2D eigenvalue weighted by Gasteiger charge is -2.24. The van der Waals surface area contributed by atoms with Crippen LogP contribution in [0.4, 0.5) is 27.4 Å². The molecule has 398 valence electrons. The van der Waals surface area contributed by atoms with Gasteiger partial charge in [0.25, 0.3) is 11.8 Å². The second-order valence-electron chi connectivity index (χ2n) is 16.7. The van der Waals surface area contributed by atoms with E-state index in [0.29, 0.717) is 138 Å². The lowest BCUT2D eigenvalue weighted by atomic mass is 10.0. The number of hydrogen-bond acceptors (Lipinski definition) is 18. The van der Waals surface area contributed by atoms with Crippen molar-refractivity contribution < 1.29 is 51.9 Å². The number of halogens is 1. The summed E-state index contributed by atoms with van der Waals surface area (Å²) < 4.78 is 55.9. The van der Waals surface area contributed by atoms with Gasteiger partial charge in [0.05, 0.1) is 138 Å². The van der Waals surface area contributed by atoms with Gasteiger partial charge in [-0.2, -0.15) is 0 Å². The Labute approximate surface area is 431 Å². The average Bonchev–Trinajstić information content (AvgIpc) is 3.67. The zero-order chi connectivity index (χ0) is 52.9. The Morgan fingerprint density at radius 2 is 1.39 bits per heavy atom. The van der Waals surface area contributed by atoms with Crippen molar-refractivity contribution in [1.29, 1.82) is 0 Å². The molecule has 0 bridgehead atoms. The van der Waals surface area contributed by atoms with E-state index >= 15 is 0 Å². The van der Waals surface area contributed by atoms with Gasteiger partial charge in [-0.15, -0.1) is 0 Å². The zero-order valence-electron chi connectivity index (χ0n) is 42.0. The highest BCUT2D eigenvalue weighted by atomic mass is 19.1. The number of pyridine rings is 3. The third kappa shape index (κ3) is 15.4. The molecule has 7 rings (SSSR count). The van der Waals surface area contributed by atoms with Crippen LogP contribution < -0.4 is 37.0 Å². The fourth-order valence-electron chi connectivity index (χ4n) is 7.79. The van der Waals surface area contributed by atoms with E-state index in [4.69, 9.17) is 33.2 Å². The van der Waals surface area contributed by atoms with Crippen molar-refractivity contribution in [3.63, 3.8) is 0 Å². The van der Waals surface area contributed by atoms with Crippen LogP contribution in [-0.2, 0) is 46.7 Å². The van der Waals surface area contributed by atoms with Crippen molar-refractivity contribution in [2.75, 3.05) is 111 Å². The van der Waals surface area contributed by atoms with Crippen molar-refractivity contribution in [1.82, 2.24) is 50.0 Å². The number of carbonyl (C=O) groups is 3. The summed E-state index contributed by atoms with van der Waals surface area (Å²) in [6.07, 6.45) is 9.70. The first-order chi connectivity index (χ1) is 36.5. The van der Waals surface area contributed by atoms with Gasteiger partial charge in [0.1, 0.15) is 23.4 Å². The van der Waals surface area contributed by atoms with Crippen molar-refractivity contribution in [3.05, 3.63) is 119 Å². The molecular weight excluding hydrogens is 976 g/mol. The topological polar surface area (TPSA) is 267 Å². The van der Waals surface area contributed by atoms with Crippen LogP contribution in [0.5, 0.6) is 5.75 Å². The lowest BCUT2D eigenvalue weighted by molar-refractivity contribution is -0.124. The summed E-state index contributed by atoms with van der Waals surface area (Å²) in [7, 11) is 4.67. The van der Waals surface area contributed by atoms with E-state index in [-0.39, 0.29) is 42.0 Å². The quantitative estimate of drug-likeness (QED) is 0.0399. The predicted octanol–water partition coefficient (Wildman–Crippen LogP) is 4.01. The summed E-state index contributed by atoms with van der Waals surface area (Å²) in [5.74, 6) is -0.306. The summed E-state index contributed by atoms with van der Waals surface area (Å²) in [6, 6.07) is 10.1. The number of benzene rings is 1. The van der Waals surface area contributed by atoms with E-state index < -0.39 is 17.8 Å². The third-order valence-corrected chi connectivity index (χ3v) is 11.6. The molecule has 1 fully saturated rings. The van der Waals surface area contributed by atoms with Crippen molar-refractivity contribution >= 4 is 51.8 Å². The Bertz CT molecular complexity index is 2940. The number of anilines is 4. The van der Waals surface area contributed by atoms with Crippen molar-refractivity contribution in [3.8, 4) is 17.1 Å². The van der Waals surface area contributed by atoms with Gasteiger partial charge in [-0.05, 0) is 49.1 Å². The summed E-state index contributed by atoms with van der Waals surface area (Å²) in [6.45, 7) is 8.98. The second-order valence-corrected chi connectivity index (χ2v) is 16.7. The number of aromatic nitrogens is 7. The molecule has 5 aromatic heterocycles. The molecule has 1 aliphatic heterocycles. The average molecular weight is 1040 g/mol. The fourth-order valence-corrected chi connectivity index (χ4v) is 7.79. The fraction of sp³-hybridized carbons (Fsp3) is 0.392. The normalized spacial score (nSPS) is 13.4. The van der Waals surface area contributed by atoms with Gasteiger partial charge in [-0.3, -0.25) is 28.5 Å². The largest absolute Gasteiger partial charge is 0.494 e. The number of imidazole rings is 1. The van der Waals surface area contributed by atoms with Gasteiger partial charge < -0.3 is 59.7 Å². The summed E-state index contributed by atoms with van der Waals surface area (Å²) in [5.41, 5.74) is 4.66. The molecule has 1 aliphatic rings. The number of nitrogens with one attached hydrogen (secondary N) is 5. The summed E-state index contributed by atoms with van der Waals surface area (Å²) in [5, 5.41) is 14.4. The van der Waals surface area contributed by atoms with E-state index in [0.717, 1.165) is 29.0 Å². The van der Waals surface area contributed by atoms with Crippen molar-refractivity contribution in [2.24, 2.45) is 7.05 Å². The molecule has 0 aliphatic carbocycles. The second kappa shape index (κ2) is 28.1. The maximum atomic E-state index is 13.5. The molecule has 3 amide bonds. The maximum absolute atomic E-state index is 13.5. The smallest absolute Gasteiger partial charge is 0.329 e. The Balaban J connectivity index is 0.688. The number of nitrogens with zero attached hydrogens (tertiary/aromatic N) is 7. The van der Waals surface area contributed by atoms with Crippen LogP contribution in [0.3, 0.4) is 0 Å². The minimum absolute atomic E-state index is 0.191. The van der Waals surface area contributed by atoms with Crippen LogP contribution in [0.1, 0.15) is 45.2 Å². The standard InChI is InChI=1S/C51H61FN12O11/c1-33-5-8-42(50(67)60-33)64-41-9-6-34(25-43(41)63(3)51(64)68)11-13-70-15-17-72-19-21-74-23-24-75-22-20-73-18-16-71-14-12-55-48(65)35-7-10-44(56-27-35)62-45-26-39(37(31-57-45)49(66)53-2)61-40-32-54-30-38(46(40)69-4)47-58-28-36(52)29-59-47/h6-7,9-10,25-32,42H,1,5,8,11-24H2,2-4H3,(H,53,66)(H,55,65)(H,60,67)(H2,56,57,61,62). The Hall–Kier alpha value is -7.74. The van der Waals surface area contributed by atoms with E-state index in [2.05, 4.69) is 58.1 Å². The highest BCUT2D eigenvalue weighted by Gasteiger charge is 2.29. The van der Waals surface area contributed by atoms with Gasteiger partial charge in [0, 0.05) is 51.0 Å². The number of piperidine rings is 1. The lowest BCUT2D eigenvalue weighted by Crippen LogP contribution is -2.40. The molecule has 23 nitrogen and oxygen atoms in total. The number of ether oxygens (including phenoxy) is 7. The molecule has 0 saturated carbocycles. The first kappa shape index (κ1) is 55.0. The Morgan fingerprint density at radius 1 is 0.733 bits per heavy atom. The van der Waals surface area contributed by atoms with E-state index in [9.17, 15) is 23.6 Å². The van der Waals surface area contributed by atoms with E-state index in [1.54, 1.807) is 34.4 Å². The predicted molar refractivity (Wildman–Crippen MR) is 274 cm³/mol. The highest BCUT2D eigenvalue weighted by molar-refractivity contribution is 6.01. The molecule has 75 heavy (non-hydrogen) atoms. The number of carbonyl (C=O) groups excluding carboxylic acids is 3. The van der Waals surface area contributed by atoms with Crippen LogP contribution in [-0.4, -0.2) is 152 Å². The van der Waals surface area contributed by atoms with Crippen LogP contribution in [0, 0.1) is 5.82 Å². The monoisotopic (exact) mass is 1040 g/mol. The number of amides is 3. The maximum Gasteiger partial charge on any atom is 0.329 e. The van der Waals surface area contributed by atoms with Crippen LogP contribution in [0.25, 0.3) is 22.4 Å². The first-order valence-corrected chi connectivity index (χ1v) is 24.2. The van der Waals surface area contributed by atoms with E-state index in [1.165, 1.54) is 38.9 Å². The minimum Gasteiger partial charge on any atom is -0.494 e. The molecule has 1 saturated heterocycles. The molecule has 0 spiro atoms. The van der Waals surface area contributed by atoms with Gasteiger partial charge in [0.2, 0.25) is 5.91 Å². The molecule has 24 heteroatoms. The summed E-state index contributed by atoms with van der Waals surface area (Å²) >= 11 is 0. The molecule has 6 aromatic rings. The van der Waals surface area contributed by atoms with Gasteiger partial charge in [0.15, 0.2) is 17.4 Å². The Kier molecular flexibility index (Phi) is 20.6. The molecule has 5 N–H and O–H groups in total. The highest BCUT2D eigenvalue weighted by Crippen LogP contribution is 2.36. The van der Waals surface area contributed by atoms with E-state index in [1.807, 2.05) is 18.2 Å². The number of allylic oxidation sites excluding steroid dienone is 1. The molecule has 0 radical (unpaired) electrons. The van der Waals surface area contributed by atoms with Gasteiger partial charge in [-0.1, -0.05) is 12.6 Å². The number of aryl methyl sites for hydroxylation is 1. The zero-order valence-corrected chi connectivity index (χ0v) is 42.0. The molecule has 1 atom stereocenters. The summed E-state index contributed by atoms with van der Waals surface area (Å²) in [4.78, 5) is 72.2. The van der Waals surface area contributed by atoms with Crippen molar-refractivity contribution in [2.45, 2.75) is 25.3 Å². The third-order valence-electron chi connectivity index (χ3n) is 11.6. The Morgan fingerprint density at radius 3 is 2.01 bits per heavy atom. The van der Waals surface area contributed by atoms with Crippen LogP contribution in [0.2, 0.25) is 0 Å². The molecule has 1 unspecified atom stereocenters.